The van der Waals surface area contributed by atoms with Gasteiger partial charge in [0.25, 0.3) is 6.47 Å². The van der Waals surface area contributed by atoms with Crippen LogP contribution >= 0.6 is 0 Å². The van der Waals surface area contributed by atoms with E-state index in [-0.39, 0.29) is 25.8 Å². The highest BCUT2D eigenvalue weighted by Crippen LogP contribution is 2.00. The third-order valence-electron chi connectivity index (χ3n) is 1.88. The zero-order valence-electron chi connectivity index (χ0n) is 9.33. The number of benzene rings is 1. The summed E-state index contributed by atoms with van der Waals surface area (Å²) in [5.74, 6) is -0.377. The molecule has 0 aliphatic heterocycles. The van der Waals surface area contributed by atoms with Gasteiger partial charge in [-0.25, -0.2) is 4.79 Å². The number of rotatable bonds is 8. The van der Waals surface area contributed by atoms with Gasteiger partial charge in [-0.1, -0.05) is 18.2 Å². The maximum absolute atomic E-state index is 11.4. The Kier molecular flexibility index (Phi) is 6.43. The van der Waals surface area contributed by atoms with Gasteiger partial charge in [-0.05, 0) is 12.1 Å². The molecule has 0 unspecified atom stereocenters. The minimum Gasteiger partial charge on any atom is -0.465 e. The summed E-state index contributed by atoms with van der Waals surface area (Å²) in [6.45, 7) is 1.31. The van der Waals surface area contributed by atoms with Gasteiger partial charge >= 0.3 is 5.97 Å². The van der Waals surface area contributed by atoms with Gasteiger partial charge in [0.05, 0.1) is 18.8 Å². The van der Waals surface area contributed by atoms with Crippen molar-refractivity contribution in [3.63, 3.8) is 0 Å². The second-order valence-corrected chi connectivity index (χ2v) is 3.08. The SMILES string of the molecule is O=COCCOCCOC(=O)c1ccccc1. The first-order chi connectivity index (χ1) is 8.34. The van der Waals surface area contributed by atoms with Gasteiger partial charge in [0.1, 0.15) is 13.2 Å². The molecule has 5 nitrogen and oxygen atoms in total. The Labute approximate surface area is 99.3 Å². The van der Waals surface area contributed by atoms with Crippen LogP contribution < -0.4 is 0 Å². The van der Waals surface area contributed by atoms with Crippen molar-refractivity contribution in [2.24, 2.45) is 0 Å². The average molecular weight is 238 g/mol. The summed E-state index contributed by atoms with van der Waals surface area (Å²) in [5.41, 5.74) is 0.511. The molecule has 92 valence electrons. The molecule has 0 heterocycles. The van der Waals surface area contributed by atoms with Crippen LogP contribution in [0.5, 0.6) is 0 Å². The van der Waals surface area contributed by atoms with Crippen molar-refractivity contribution in [1.82, 2.24) is 0 Å². The highest BCUT2D eigenvalue weighted by atomic mass is 16.6. The minimum absolute atomic E-state index is 0.175. The summed E-state index contributed by atoms with van der Waals surface area (Å²) in [6.07, 6.45) is 0. The quantitative estimate of drug-likeness (QED) is 0.384. The van der Waals surface area contributed by atoms with E-state index in [1.807, 2.05) is 6.07 Å². The lowest BCUT2D eigenvalue weighted by molar-refractivity contribution is -0.130. The van der Waals surface area contributed by atoms with Crippen molar-refractivity contribution in [3.8, 4) is 0 Å². The van der Waals surface area contributed by atoms with Gasteiger partial charge in [-0.2, -0.15) is 0 Å². The molecule has 0 fully saturated rings. The Morgan fingerprint density at radius 1 is 1.06 bits per heavy atom. The predicted octanol–water partition coefficient (Wildman–Crippen LogP) is 1.03. The molecule has 0 N–H and O–H groups in total. The van der Waals surface area contributed by atoms with Crippen LogP contribution in [0.25, 0.3) is 0 Å². The largest absolute Gasteiger partial charge is 0.465 e. The Morgan fingerprint density at radius 3 is 2.47 bits per heavy atom. The van der Waals surface area contributed by atoms with E-state index in [0.29, 0.717) is 18.6 Å². The van der Waals surface area contributed by atoms with Crippen molar-refractivity contribution in [3.05, 3.63) is 35.9 Å². The third-order valence-corrected chi connectivity index (χ3v) is 1.88. The Hall–Kier alpha value is -1.88. The number of hydrogen-bond donors (Lipinski definition) is 0. The maximum Gasteiger partial charge on any atom is 0.338 e. The molecule has 0 aliphatic rings. The van der Waals surface area contributed by atoms with Gasteiger partial charge in [0, 0.05) is 0 Å². The van der Waals surface area contributed by atoms with Crippen molar-refractivity contribution < 1.29 is 23.8 Å². The molecular formula is C12H14O5. The van der Waals surface area contributed by atoms with E-state index in [2.05, 4.69) is 4.74 Å². The highest BCUT2D eigenvalue weighted by Gasteiger charge is 2.04. The Balaban J connectivity index is 2.07. The molecule has 1 aromatic carbocycles. The number of carbonyl (C=O) groups is 2. The van der Waals surface area contributed by atoms with Crippen LogP contribution in [0.1, 0.15) is 10.4 Å². The molecule has 0 atom stereocenters. The summed E-state index contributed by atoms with van der Waals surface area (Å²) < 4.78 is 14.4. The lowest BCUT2D eigenvalue weighted by Gasteiger charge is -2.05. The van der Waals surface area contributed by atoms with E-state index < -0.39 is 0 Å². The molecule has 0 radical (unpaired) electrons. The standard InChI is InChI=1S/C12H14O5/c13-10-16-7-6-15-8-9-17-12(14)11-4-2-1-3-5-11/h1-5,10H,6-9H2. The summed E-state index contributed by atoms with van der Waals surface area (Å²) in [5, 5.41) is 0. The van der Waals surface area contributed by atoms with Crippen LogP contribution in [0.4, 0.5) is 0 Å². The van der Waals surface area contributed by atoms with Gasteiger partial charge in [-0.3, -0.25) is 4.79 Å². The summed E-state index contributed by atoms with van der Waals surface area (Å²) in [4.78, 5) is 21.2. The van der Waals surface area contributed by atoms with E-state index in [0.717, 1.165) is 0 Å². The first kappa shape index (κ1) is 13.2. The maximum atomic E-state index is 11.4. The molecule has 0 aliphatic carbocycles. The molecule has 0 aromatic heterocycles. The summed E-state index contributed by atoms with van der Waals surface area (Å²) >= 11 is 0. The van der Waals surface area contributed by atoms with Crippen LogP contribution in [0.3, 0.4) is 0 Å². The van der Waals surface area contributed by atoms with E-state index in [1.54, 1.807) is 24.3 Å². The van der Waals surface area contributed by atoms with Gasteiger partial charge in [0.2, 0.25) is 0 Å². The van der Waals surface area contributed by atoms with Gasteiger partial charge in [0.15, 0.2) is 0 Å². The second-order valence-electron chi connectivity index (χ2n) is 3.08. The first-order valence-corrected chi connectivity index (χ1v) is 5.20. The van der Waals surface area contributed by atoms with E-state index in [4.69, 9.17) is 9.47 Å². The molecule has 0 spiro atoms. The average Bonchev–Trinajstić information content (AvgIpc) is 2.38. The summed E-state index contributed by atoms with van der Waals surface area (Å²) in [7, 11) is 0. The Morgan fingerprint density at radius 2 is 1.76 bits per heavy atom. The van der Waals surface area contributed by atoms with Crippen molar-refractivity contribution >= 4 is 12.4 Å². The molecule has 0 amide bonds. The second kappa shape index (κ2) is 8.29. The lowest BCUT2D eigenvalue weighted by Crippen LogP contribution is -2.12. The molecule has 0 saturated heterocycles. The molecule has 17 heavy (non-hydrogen) atoms. The normalized spacial score (nSPS) is 9.65. The van der Waals surface area contributed by atoms with Crippen LogP contribution in [-0.4, -0.2) is 38.9 Å². The smallest absolute Gasteiger partial charge is 0.338 e. The van der Waals surface area contributed by atoms with E-state index >= 15 is 0 Å². The van der Waals surface area contributed by atoms with Crippen molar-refractivity contribution in [1.29, 1.82) is 0 Å². The molecule has 1 aromatic rings. The van der Waals surface area contributed by atoms with Gasteiger partial charge in [-0.15, -0.1) is 0 Å². The predicted molar refractivity (Wildman–Crippen MR) is 59.6 cm³/mol. The minimum atomic E-state index is -0.377. The van der Waals surface area contributed by atoms with Crippen LogP contribution in [0, 0.1) is 0 Å². The van der Waals surface area contributed by atoms with E-state index in [9.17, 15) is 9.59 Å². The zero-order chi connectivity index (χ0) is 12.3. The van der Waals surface area contributed by atoms with Gasteiger partial charge < -0.3 is 14.2 Å². The van der Waals surface area contributed by atoms with Crippen LogP contribution in [0.2, 0.25) is 0 Å². The number of esters is 1. The van der Waals surface area contributed by atoms with E-state index in [1.165, 1.54) is 0 Å². The first-order valence-electron chi connectivity index (χ1n) is 5.20. The molecule has 1 rings (SSSR count). The van der Waals surface area contributed by atoms with Crippen LogP contribution in [-0.2, 0) is 19.0 Å². The number of ether oxygens (including phenoxy) is 3. The third kappa shape index (κ3) is 5.67. The molecule has 0 bridgehead atoms. The fourth-order valence-corrected chi connectivity index (χ4v) is 1.11. The zero-order valence-corrected chi connectivity index (χ0v) is 9.33. The van der Waals surface area contributed by atoms with Crippen molar-refractivity contribution in [2.75, 3.05) is 26.4 Å². The molecular weight excluding hydrogens is 224 g/mol. The topological polar surface area (TPSA) is 61.8 Å². The fourth-order valence-electron chi connectivity index (χ4n) is 1.11. The molecule has 0 saturated carbocycles. The number of carbonyl (C=O) groups excluding carboxylic acids is 2. The monoisotopic (exact) mass is 238 g/mol. The van der Waals surface area contributed by atoms with Crippen molar-refractivity contribution in [2.45, 2.75) is 0 Å². The Bertz CT molecular complexity index is 336. The number of hydrogen-bond acceptors (Lipinski definition) is 5. The lowest BCUT2D eigenvalue weighted by atomic mass is 10.2. The highest BCUT2D eigenvalue weighted by molar-refractivity contribution is 5.89. The van der Waals surface area contributed by atoms with Crippen LogP contribution in [0.15, 0.2) is 30.3 Å². The molecule has 5 heteroatoms. The fraction of sp³-hybridized carbons (Fsp3) is 0.333. The summed E-state index contributed by atoms with van der Waals surface area (Å²) in [6, 6.07) is 8.73.